The number of benzene rings is 1. The summed E-state index contributed by atoms with van der Waals surface area (Å²) in [6, 6.07) is 7.40. The number of aliphatic hydroxyl groups excluding tert-OH is 1. The lowest BCUT2D eigenvalue weighted by atomic mass is 9.79. The van der Waals surface area contributed by atoms with E-state index < -0.39 is 0 Å². The lowest BCUT2D eigenvalue weighted by Crippen LogP contribution is -2.52. The minimum atomic E-state index is -0.382. The molecule has 1 aliphatic carbocycles. The van der Waals surface area contributed by atoms with Crippen molar-refractivity contribution in [3.8, 4) is 0 Å². The number of amides is 1. The third kappa shape index (κ3) is 2.75. The highest BCUT2D eigenvalue weighted by molar-refractivity contribution is 5.78. The van der Waals surface area contributed by atoms with E-state index in [-0.39, 0.29) is 35.8 Å². The molecule has 0 radical (unpaired) electrons. The van der Waals surface area contributed by atoms with Gasteiger partial charge in [-0.15, -0.1) is 0 Å². The Kier molecular flexibility index (Phi) is 4.36. The molecule has 2 fully saturated rings. The zero-order valence-corrected chi connectivity index (χ0v) is 15.0. The van der Waals surface area contributed by atoms with Gasteiger partial charge in [-0.3, -0.25) is 9.36 Å². The van der Waals surface area contributed by atoms with Crippen LogP contribution in [-0.2, 0) is 16.1 Å². The Balaban J connectivity index is 1.50. The van der Waals surface area contributed by atoms with Crippen LogP contribution in [0.25, 0.3) is 11.0 Å². The van der Waals surface area contributed by atoms with Crippen molar-refractivity contribution >= 4 is 16.9 Å². The van der Waals surface area contributed by atoms with Crippen molar-refractivity contribution in [2.45, 2.75) is 56.4 Å². The van der Waals surface area contributed by atoms with Gasteiger partial charge < -0.3 is 19.7 Å². The van der Waals surface area contributed by atoms with Gasteiger partial charge in [-0.1, -0.05) is 12.1 Å². The molecule has 2 aliphatic rings. The van der Waals surface area contributed by atoms with E-state index in [0.717, 1.165) is 30.3 Å². The van der Waals surface area contributed by atoms with Crippen molar-refractivity contribution in [1.82, 2.24) is 14.5 Å². The number of aromatic amines is 1. The zero-order valence-electron chi connectivity index (χ0n) is 15.0. The Morgan fingerprint density at radius 2 is 2.19 bits per heavy atom. The molecule has 0 bridgehead atoms. The second-order valence-electron chi connectivity index (χ2n) is 7.40. The van der Waals surface area contributed by atoms with E-state index in [9.17, 15) is 14.7 Å². The monoisotopic (exact) mass is 359 g/mol. The van der Waals surface area contributed by atoms with E-state index in [1.807, 2.05) is 29.2 Å². The predicted octanol–water partition coefficient (Wildman–Crippen LogP) is 1.25. The average Bonchev–Trinajstić information content (AvgIpc) is 3.17. The highest BCUT2D eigenvalue weighted by atomic mass is 16.5. The molecule has 2 aromatic rings. The number of H-pyrrole nitrogens is 1. The van der Waals surface area contributed by atoms with Crippen LogP contribution in [0.2, 0.25) is 0 Å². The molecule has 7 nitrogen and oxygen atoms in total. The molecule has 7 heteroatoms. The largest absolute Gasteiger partial charge is 0.393 e. The molecule has 1 aromatic carbocycles. The van der Waals surface area contributed by atoms with Gasteiger partial charge in [-0.25, -0.2) is 4.79 Å². The summed E-state index contributed by atoms with van der Waals surface area (Å²) >= 11 is 0. The number of methoxy groups -OCH3 is 1. The lowest BCUT2D eigenvalue weighted by Gasteiger charge is -2.42. The minimum Gasteiger partial charge on any atom is -0.393 e. The maximum Gasteiger partial charge on any atom is 0.326 e. The third-order valence-electron chi connectivity index (χ3n) is 6.11. The maximum absolute atomic E-state index is 12.9. The van der Waals surface area contributed by atoms with Gasteiger partial charge >= 0.3 is 5.69 Å². The maximum atomic E-state index is 12.9. The van der Waals surface area contributed by atoms with Crippen LogP contribution in [0.3, 0.4) is 0 Å². The summed E-state index contributed by atoms with van der Waals surface area (Å²) in [5.41, 5.74) is 1.07. The van der Waals surface area contributed by atoms with E-state index in [2.05, 4.69) is 4.98 Å². The van der Waals surface area contributed by atoms with E-state index in [0.29, 0.717) is 19.5 Å². The predicted molar refractivity (Wildman–Crippen MR) is 96.9 cm³/mol. The zero-order chi connectivity index (χ0) is 18.3. The number of imidazole rings is 1. The van der Waals surface area contributed by atoms with Gasteiger partial charge in [0.25, 0.3) is 0 Å². The lowest BCUT2D eigenvalue weighted by molar-refractivity contribution is -0.140. The number of ether oxygens (including phenoxy) is 1. The Morgan fingerprint density at radius 3 is 3.00 bits per heavy atom. The van der Waals surface area contributed by atoms with E-state index >= 15 is 0 Å². The van der Waals surface area contributed by atoms with Crippen molar-refractivity contribution < 1.29 is 14.6 Å². The quantitative estimate of drug-likeness (QED) is 0.860. The van der Waals surface area contributed by atoms with Crippen molar-refractivity contribution in [3.05, 3.63) is 34.7 Å². The number of para-hydroxylation sites is 2. The Labute approximate surface area is 151 Å². The molecule has 0 unspecified atom stereocenters. The summed E-state index contributed by atoms with van der Waals surface area (Å²) in [7, 11) is 1.70. The molecule has 1 saturated carbocycles. The van der Waals surface area contributed by atoms with E-state index in [1.165, 1.54) is 0 Å². The highest BCUT2D eigenvalue weighted by Crippen LogP contribution is 2.42. The molecular formula is C19H25N3O4. The SMILES string of the molecule is CO[C@@]12CC[C@H](O)C[C@@H]1N(C(=O)CCn1c(=O)[nH]c3ccccc31)CC2. The van der Waals surface area contributed by atoms with Crippen molar-refractivity contribution in [3.63, 3.8) is 0 Å². The summed E-state index contributed by atoms with van der Waals surface area (Å²) in [6.45, 7) is 0.986. The van der Waals surface area contributed by atoms with Crippen LogP contribution in [0.1, 0.15) is 32.1 Å². The molecule has 3 atom stereocenters. The third-order valence-corrected chi connectivity index (χ3v) is 6.11. The molecule has 26 heavy (non-hydrogen) atoms. The number of fused-ring (bicyclic) bond motifs is 2. The van der Waals surface area contributed by atoms with Gasteiger partial charge in [0.2, 0.25) is 5.91 Å². The first kappa shape index (κ1) is 17.3. The first-order chi connectivity index (χ1) is 12.5. The molecule has 2 N–H and O–H groups in total. The Hall–Kier alpha value is -2.12. The van der Waals surface area contributed by atoms with E-state index in [4.69, 9.17) is 4.74 Å². The number of hydrogen-bond donors (Lipinski definition) is 2. The van der Waals surface area contributed by atoms with Crippen LogP contribution >= 0.6 is 0 Å². The fourth-order valence-electron chi connectivity index (χ4n) is 4.65. The number of hydrogen-bond acceptors (Lipinski definition) is 4. The fraction of sp³-hybridized carbons (Fsp3) is 0.579. The van der Waals surface area contributed by atoms with Gasteiger partial charge in [-0.05, 0) is 37.8 Å². The van der Waals surface area contributed by atoms with Crippen molar-refractivity contribution in [2.75, 3.05) is 13.7 Å². The summed E-state index contributed by atoms with van der Waals surface area (Å²) in [5.74, 6) is 0.0141. The number of likely N-dealkylation sites (tertiary alicyclic amines) is 1. The second kappa shape index (κ2) is 6.55. The fourth-order valence-corrected chi connectivity index (χ4v) is 4.65. The van der Waals surface area contributed by atoms with Crippen molar-refractivity contribution in [2.24, 2.45) is 0 Å². The molecule has 1 amide bonds. The molecule has 1 aliphatic heterocycles. The van der Waals surface area contributed by atoms with Crippen LogP contribution in [0.5, 0.6) is 0 Å². The topological polar surface area (TPSA) is 87.6 Å². The molecule has 2 heterocycles. The molecule has 4 rings (SSSR count). The number of aliphatic hydroxyl groups is 1. The Morgan fingerprint density at radius 1 is 1.38 bits per heavy atom. The summed E-state index contributed by atoms with van der Waals surface area (Å²) < 4.78 is 7.41. The van der Waals surface area contributed by atoms with Crippen LogP contribution in [0, 0.1) is 0 Å². The average molecular weight is 359 g/mol. The number of carbonyl (C=O) groups is 1. The smallest absolute Gasteiger partial charge is 0.326 e. The van der Waals surface area contributed by atoms with Crippen LogP contribution in [-0.4, -0.2) is 56.9 Å². The minimum absolute atomic E-state index is 0.0141. The standard InChI is InChI=1S/C19H25N3O4/c1-26-19-8-6-13(23)12-16(19)22(11-9-19)17(24)7-10-21-15-5-3-2-4-14(15)20-18(21)25/h2-5,13,16,23H,6-12H2,1H3,(H,20,25)/t13-,16-,19+/m0/s1. The van der Waals surface area contributed by atoms with E-state index in [1.54, 1.807) is 11.7 Å². The van der Waals surface area contributed by atoms with Crippen LogP contribution in [0.4, 0.5) is 0 Å². The van der Waals surface area contributed by atoms with Gasteiger partial charge in [-0.2, -0.15) is 0 Å². The van der Waals surface area contributed by atoms with Crippen molar-refractivity contribution in [1.29, 1.82) is 0 Å². The summed E-state index contributed by atoms with van der Waals surface area (Å²) in [6.07, 6.45) is 2.74. The second-order valence-corrected chi connectivity index (χ2v) is 7.40. The molecule has 1 saturated heterocycles. The number of nitrogens with zero attached hydrogens (tertiary/aromatic N) is 2. The van der Waals surface area contributed by atoms with Gasteiger partial charge in [0.1, 0.15) is 0 Å². The number of rotatable bonds is 4. The van der Waals surface area contributed by atoms with Gasteiger partial charge in [0, 0.05) is 26.6 Å². The summed E-state index contributed by atoms with van der Waals surface area (Å²) in [5, 5.41) is 10.1. The van der Waals surface area contributed by atoms with Gasteiger partial charge in [0.05, 0.1) is 28.8 Å². The molecule has 1 aromatic heterocycles. The number of nitrogens with one attached hydrogen (secondary N) is 1. The normalized spacial score (nSPS) is 28.5. The van der Waals surface area contributed by atoms with Crippen LogP contribution in [0.15, 0.2) is 29.1 Å². The Bertz CT molecular complexity index is 873. The summed E-state index contributed by atoms with van der Waals surface area (Å²) in [4.78, 5) is 29.7. The molecule has 140 valence electrons. The number of aryl methyl sites for hydroxylation is 1. The van der Waals surface area contributed by atoms with Crippen LogP contribution < -0.4 is 5.69 Å². The number of carbonyl (C=O) groups excluding carboxylic acids is 1. The molecule has 0 spiro atoms. The highest BCUT2D eigenvalue weighted by Gasteiger charge is 2.52. The number of aromatic nitrogens is 2. The first-order valence-electron chi connectivity index (χ1n) is 9.24. The molecular weight excluding hydrogens is 334 g/mol. The first-order valence-corrected chi connectivity index (χ1v) is 9.24. The van der Waals surface area contributed by atoms with Gasteiger partial charge in [0.15, 0.2) is 0 Å².